The van der Waals surface area contributed by atoms with E-state index in [1.807, 2.05) is 13.0 Å². The molecule has 0 saturated carbocycles. The van der Waals surface area contributed by atoms with E-state index in [-0.39, 0.29) is 12.8 Å². The first-order valence-electron chi connectivity index (χ1n) is 9.73. The largest absolute Gasteiger partial charge is 0.320 e. The molecule has 1 atom stereocenters. The summed E-state index contributed by atoms with van der Waals surface area (Å²) in [7, 11) is -4.02. The average molecular weight is 410 g/mol. The molecule has 5 heteroatoms. The lowest BCUT2D eigenvalue weighted by Gasteiger charge is -2.16. The molecule has 1 aromatic rings. The molecule has 0 aliphatic rings. The van der Waals surface area contributed by atoms with Gasteiger partial charge in [-0.3, -0.25) is 4.57 Å². The topological polar surface area (TPSA) is 26.3 Å². The van der Waals surface area contributed by atoms with Crippen LogP contribution in [0.2, 0.25) is 0 Å². The van der Waals surface area contributed by atoms with Gasteiger partial charge < -0.3 is 4.52 Å². The quantitative estimate of drug-likeness (QED) is 0.257. The maximum absolute atomic E-state index is 13.3. The number of benzene rings is 1. The van der Waals surface area contributed by atoms with Gasteiger partial charge in [0.25, 0.3) is 7.37 Å². The van der Waals surface area contributed by atoms with E-state index in [4.69, 9.17) is 4.52 Å². The van der Waals surface area contributed by atoms with Crippen LogP contribution < -0.4 is 0 Å². The Balaban J connectivity index is 2.52. The fourth-order valence-electron chi connectivity index (χ4n) is 2.57. The van der Waals surface area contributed by atoms with Crippen molar-refractivity contribution >= 4 is 7.37 Å². The molecule has 0 bridgehead atoms. The Hall–Kier alpha value is -1.51. The fraction of sp³-hybridized carbons (Fsp3) is 0.478. The third kappa shape index (κ3) is 10.1. The van der Waals surface area contributed by atoms with E-state index < -0.39 is 13.5 Å². The normalized spacial score (nSPS) is 14.8. The Labute approximate surface area is 168 Å². The van der Waals surface area contributed by atoms with Crippen molar-refractivity contribution in [1.82, 2.24) is 0 Å². The van der Waals surface area contributed by atoms with Gasteiger partial charge in [0.2, 0.25) is 0 Å². The molecule has 0 N–H and O–H groups in total. The van der Waals surface area contributed by atoms with Crippen LogP contribution in [-0.4, -0.2) is 12.3 Å². The van der Waals surface area contributed by atoms with Crippen LogP contribution in [0.3, 0.4) is 0 Å². The molecule has 28 heavy (non-hydrogen) atoms. The minimum Gasteiger partial charge on any atom is -0.320 e. The van der Waals surface area contributed by atoms with Crippen LogP contribution in [0, 0.1) is 0 Å². The molecule has 0 fully saturated rings. The number of allylic oxidation sites excluding steroid dienone is 6. The van der Waals surface area contributed by atoms with Gasteiger partial charge in [-0.2, -0.15) is 8.78 Å². The predicted molar refractivity (Wildman–Crippen MR) is 115 cm³/mol. The third-order valence-corrected chi connectivity index (χ3v) is 6.26. The maximum Gasteiger partial charge on any atom is 0.312 e. The number of alkyl halides is 2. The highest BCUT2D eigenvalue weighted by molar-refractivity contribution is 7.59. The molecule has 2 nitrogen and oxygen atoms in total. The summed E-state index contributed by atoms with van der Waals surface area (Å²) in [5.41, 5.74) is 4.34. The van der Waals surface area contributed by atoms with Crippen molar-refractivity contribution in [2.24, 2.45) is 0 Å². The summed E-state index contributed by atoms with van der Waals surface area (Å²) in [6, 6.07) is 8.96. The summed E-state index contributed by atoms with van der Waals surface area (Å²) < 4.78 is 44.4. The highest BCUT2D eigenvalue weighted by Gasteiger charge is 2.33. The molecule has 0 heterocycles. The monoisotopic (exact) mass is 410 g/mol. The summed E-state index contributed by atoms with van der Waals surface area (Å²) in [6.07, 6.45) is 6.54. The van der Waals surface area contributed by atoms with E-state index in [9.17, 15) is 13.3 Å². The van der Waals surface area contributed by atoms with Gasteiger partial charge in [0.15, 0.2) is 0 Å². The lowest BCUT2D eigenvalue weighted by Crippen LogP contribution is -2.03. The van der Waals surface area contributed by atoms with Crippen molar-refractivity contribution in [3.63, 3.8) is 0 Å². The molecule has 1 aromatic carbocycles. The smallest absolute Gasteiger partial charge is 0.312 e. The highest BCUT2D eigenvalue weighted by atomic mass is 31.2. The lowest BCUT2D eigenvalue weighted by atomic mass is 10.1. The van der Waals surface area contributed by atoms with Gasteiger partial charge in [-0.15, -0.1) is 0 Å². The minimum absolute atomic E-state index is 0.0665. The first-order chi connectivity index (χ1) is 13.2. The van der Waals surface area contributed by atoms with Crippen LogP contribution >= 0.6 is 7.37 Å². The molecule has 0 aromatic heterocycles. The van der Waals surface area contributed by atoms with E-state index in [0.717, 1.165) is 36.8 Å². The Bertz CT molecular complexity index is 717. The zero-order chi connectivity index (χ0) is 21.0. The first kappa shape index (κ1) is 24.5. The SMILES string of the molecule is CC(C)=CCC/C(C)=C/CC/C(C)=C/CP(=O)(OCc1ccccc1)C(F)F. The van der Waals surface area contributed by atoms with E-state index in [1.165, 1.54) is 11.1 Å². The second-order valence-corrected chi connectivity index (χ2v) is 9.87. The summed E-state index contributed by atoms with van der Waals surface area (Å²) in [5, 5.41) is 0. The van der Waals surface area contributed by atoms with E-state index in [0.29, 0.717) is 0 Å². The van der Waals surface area contributed by atoms with Crippen LogP contribution in [-0.2, 0) is 15.7 Å². The maximum atomic E-state index is 13.3. The van der Waals surface area contributed by atoms with Gasteiger partial charge in [0, 0.05) is 6.16 Å². The number of hydrogen-bond donors (Lipinski definition) is 0. The van der Waals surface area contributed by atoms with E-state index in [2.05, 4.69) is 32.9 Å². The number of halogens is 2. The summed E-state index contributed by atoms with van der Waals surface area (Å²) in [5.74, 6) is 0. The zero-order valence-corrected chi connectivity index (χ0v) is 18.4. The Kier molecular flexibility index (Phi) is 11.3. The molecule has 0 amide bonds. The molecule has 0 saturated heterocycles. The van der Waals surface area contributed by atoms with Gasteiger partial charge in [0.1, 0.15) is 0 Å². The van der Waals surface area contributed by atoms with Crippen molar-refractivity contribution < 1.29 is 17.9 Å². The molecular weight excluding hydrogens is 377 g/mol. The van der Waals surface area contributed by atoms with Gasteiger partial charge >= 0.3 is 6.17 Å². The minimum atomic E-state index is -4.02. The summed E-state index contributed by atoms with van der Waals surface area (Å²) >= 11 is 0. The van der Waals surface area contributed by atoms with Gasteiger partial charge in [-0.1, -0.05) is 65.3 Å². The summed E-state index contributed by atoms with van der Waals surface area (Å²) in [4.78, 5) is 0. The summed E-state index contributed by atoms with van der Waals surface area (Å²) in [6.45, 7) is 8.12. The van der Waals surface area contributed by atoms with Gasteiger partial charge in [-0.25, -0.2) is 0 Å². The second kappa shape index (κ2) is 12.9. The van der Waals surface area contributed by atoms with Gasteiger partial charge in [-0.05, 0) is 58.9 Å². The molecule has 156 valence electrons. The van der Waals surface area contributed by atoms with Crippen LogP contribution in [0.4, 0.5) is 8.78 Å². The molecular formula is C23H33F2O2P. The molecule has 0 spiro atoms. The number of hydrogen-bond acceptors (Lipinski definition) is 2. The van der Waals surface area contributed by atoms with E-state index in [1.54, 1.807) is 30.3 Å². The lowest BCUT2D eigenvalue weighted by molar-refractivity contribution is 0.188. The Morgan fingerprint density at radius 2 is 1.54 bits per heavy atom. The second-order valence-electron chi connectivity index (χ2n) is 7.41. The standard InChI is InChI=1S/C23H33F2O2P/c1-19(2)10-8-11-20(3)12-9-13-21(4)16-17-28(26,23(24)25)27-18-22-14-6-5-7-15-22/h5-7,10,12,14-16,23H,8-9,11,13,17-18H2,1-4H3/b20-12+,21-16+. The number of rotatable bonds is 12. The van der Waals surface area contributed by atoms with Crippen LogP contribution in [0.1, 0.15) is 58.9 Å². The average Bonchev–Trinajstić information content (AvgIpc) is 2.65. The zero-order valence-electron chi connectivity index (χ0n) is 17.5. The molecule has 0 aliphatic heterocycles. The fourth-order valence-corrected chi connectivity index (χ4v) is 3.88. The Morgan fingerprint density at radius 1 is 0.964 bits per heavy atom. The first-order valence-corrected chi connectivity index (χ1v) is 11.6. The highest BCUT2D eigenvalue weighted by Crippen LogP contribution is 2.54. The van der Waals surface area contributed by atoms with Crippen molar-refractivity contribution in [3.8, 4) is 0 Å². The van der Waals surface area contributed by atoms with Crippen molar-refractivity contribution in [2.45, 2.75) is 66.2 Å². The van der Waals surface area contributed by atoms with Crippen LogP contribution in [0.25, 0.3) is 0 Å². The molecule has 0 radical (unpaired) electrons. The van der Waals surface area contributed by atoms with Crippen LogP contribution in [0.15, 0.2) is 65.3 Å². The molecule has 0 aliphatic carbocycles. The van der Waals surface area contributed by atoms with Crippen molar-refractivity contribution in [1.29, 1.82) is 0 Å². The Morgan fingerprint density at radius 3 is 2.11 bits per heavy atom. The predicted octanol–water partition coefficient (Wildman–Crippen LogP) is 8.12. The van der Waals surface area contributed by atoms with E-state index >= 15 is 0 Å². The van der Waals surface area contributed by atoms with Gasteiger partial charge in [0.05, 0.1) is 6.61 Å². The molecule has 1 unspecified atom stereocenters. The van der Waals surface area contributed by atoms with Crippen molar-refractivity contribution in [2.75, 3.05) is 6.16 Å². The molecule has 1 rings (SSSR count). The van der Waals surface area contributed by atoms with Crippen LogP contribution in [0.5, 0.6) is 0 Å². The third-order valence-electron chi connectivity index (χ3n) is 4.41. The van der Waals surface area contributed by atoms with Crippen molar-refractivity contribution in [3.05, 3.63) is 70.8 Å².